The van der Waals surface area contributed by atoms with Crippen LogP contribution in [0.15, 0.2) is 24.3 Å². The predicted octanol–water partition coefficient (Wildman–Crippen LogP) is 5.34. The number of allylic oxidation sites excluding steroid dienone is 4. The van der Waals surface area contributed by atoms with Crippen LogP contribution < -0.4 is 0 Å². The fourth-order valence-corrected chi connectivity index (χ4v) is 7.04. The number of hydrogen-bond acceptors (Lipinski definition) is 0. The van der Waals surface area contributed by atoms with E-state index in [-0.39, 0.29) is 7.92 Å². The van der Waals surface area contributed by atoms with Gasteiger partial charge < -0.3 is 0 Å². The zero-order valence-electron chi connectivity index (χ0n) is 11.7. The van der Waals surface area contributed by atoms with Crippen LogP contribution in [0.5, 0.6) is 0 Å². The first-order valence-corrected chi connectivity index (χ1v) is 7.90. The second-order valence-electron chi connectivity index (χ2n) is 5.96. The summed E-state index contributed by atoms with van der Waals surface area (Å²) in [6, 6.07) is 0. The molecule has 0 amide bonds. The van der Waals surface area contributed by atoms with Gasteiger partial charge in [-0.15, -0.1) is 0 Å². The lowest BCUT2D eigenvalue weighted by atomic mass is 10.1. The van der Waals surface area contributed by atoms with Crippen molar-refractivity contribution in [3.8, 4) is 0 Å². The van der Waals surface area contributed by atoms with E-state index in [0.717, 1.165) is 0 Å². The minimum Gasteiger partial charge on any atom is -0.0841 e. The van der Waals surface area contributed by atoms with Crippen LogP contribution >= 0.6 is 7.92 Å². The maximum absolute atomic E-state index is 2.45. The molecule has 0 heterocycles. The molecule has 1 rings (SSSR count). The molecule has 16 heavy (non-hydrogen) atoms. The van der Waals surface area contributed by atoms with E-state index >= 15 is 0 Å². The van der Waals surface area contributed by atoms with Crippen LogP contribution in [0.1, 0.15) is 54.4 Å². The lowest BCUT2D eigenvalue weighted by Gasteiger charge is -2.47. The van der Waals surface area contributed by atoms with Gasteiger partial charge in [0.15, 0.2) is 0 Å². The van der Waals surface area contributed by atoms with Gasteiger partial charge in [0.2, 0.25) is 0 Å². The Labute approximate surface area is 103 Å². The Hall–Kier alpha value is -0.0900. The van der Waals surface area contributed by atoms with E-state index in [0.29, 0.717) is 16.0 Å². The Balaban J connectivity index is 3.03. The van der Waals surface area contributed by atoms with Crippen LogP contribution in [0.2, 0.25) is 0 Å². The van der Waals surface area contributed by atoms with E-state index in [4.69, 9.17) is 0 Å². The molecule has 1 aliphatic rings. The van der Waals surface area contributed by atoms with Gasteiger partial charge in [0, 0.05) is 5.66 Å². The first kappa shape index (κ1) is 14.0. The molecule has 1 aliphatic carbocycles. The predicted molar refractivity (Wildman–Crippen MR) is 77.7 cm³/mol. The second-order valence-corrected chi connectivity index (χ2v) is 9.72. The largest absolute Gasteiger partial charge is 0.0841 e. The van der Waals surface area contributed by atoms with Crippen molar-refractivity contribution in [2.75, 3.05) is 0 Å². The summed E-state index contributed by atoms with van der Waals surface area (Å²) in [5.74, 6) is 0. The zero-order chi connectivity index (χ0) is 12.4. The van der Waals surface area contributed by atoms with E-state index in [9.17, 15) is 0 Å². The van der Waals surface area contributed by atoms with Crippen LogP contribution in [0, 0.1) is 0 Å². The molecule has 0 N–H and O–H groups in total. The molecular weight excluding hydrogens is 211 g/mol. The molecule has 0 aromatic rings. The molecule has 92 valence electrons. The Morgan fingerprint density at radius 2 is 1.25 bits per heavy atom. The quantitative estimate of drug-likeness (QED) is 0.567. The maximum atomic E-state index is 2.45. The minimum absolute atomic E-state index is 0.0221. The summed E-state index contributed by atoms with van der Waals surface area (Å²) in [5, 5.41) is 0.942. The lowest BCUT2D eigenvalue weighted by molar-refractivity contribution is 0.600. The molecule has 0 bridgehead atoms. The van der Waals surface area contributed by atoms with Crippen LogP contribution in [-0.2, 0) is 0 Å². The van der Waals surface area contributed by atoms with Gasteiger partial charge in [0.1, 0.15) is 0 Å². The third kappa shape index (κ3) is 2.77. The normalized spacial score (nSPS) is 17.7. The highest BCUT2D eigenvalue weighted by Gasteiger charge is 2.41. The molecule has 0 aromatic carbocycles. The molecular formula is C15H27P. The van der Waals surface area contributed by atoms with E-state index in [1.165, 1.54) is 12.8 Å². The third-order valence-corrected chi connectivity index (χ3v) is 8.24. The molecule has 0 fully saturated rings. The summed E-state index contributed by atoms with van der Waals surface area (Å²) in [6.07, 6.45) is 11.8. The zero-order valence-corrected chi connectivity index (χ0v) is 12.6. The van der Waals surface area contributed by atoms with Crippen molar-refractivity contribution >= 4 is 7.92 Å². The number of rotatable bonds is 5. The van der Waals surface area contributed by atoms with E-state index in [2.05, 4.69) is 65.8 Å². The highest BCUT2D eigenvalue weighted by atomic mass is 31.1. The van der Waals surface area contributed by atoms with Crippen LogP contribution in [0.3, 0.4) is 0 Å². The van der Waals surface area contributed by atoms with Gasteiger partial charge in [-0.25, -0.2) is 0 Å². The van der Waals surface area contributed by atoms with Gasteiger partial charge in [-0.2, -0.15) is 0 Å². The van der Waals surface area contributed by atoms with Crippen molar-refractivity contribution in [2.24, 2.45) is 0 Å². The van der Waals surface area contributed by atoms with Gasteiger partial charge >= 0.3 is 0 Å². The Bertz CT molecular complexity index is 256. The third-order valence-electron chi connectivity index (χ3n) is 4.06. The molecule has 0 nitrogen and oxygen atoms in total. The maximum Gasteiger partial charge on any atom is 0.0166 e. The highest BCUT2D eigenvalue weighted by molar-refractivity contribution is 7.62. The monoisotopic (exact) mass is 238 g/mol. The van der Waals surface area contributed by atoms with Crippen molar-refractivity contribution in [1.82, 2.24) is 0 Å². The molecule has 0 atom stereocenters. The van der Waals surface area contributed by atoms with Gasteiger partial charge in [-0.1, -0.05) is 73.8 Å². The summed E-state index contributed by atoms with van der Waals surface area (Å²) < 4.78 is 0. The molecule has 0 radical (unpaired) electrons. The van der Waals surface area contributed by atoms with Gasteiger partial charge in [-0.05, 0) is 23.2 Å². The van der Waals surface area contributed by atoms with Crippen molar-refractivity contribution in [2.45, 2.75) is 70.4 Å². The minimum atomic E-state index is -0.0221. The lowest BCUT2D eigenvalue weighted by Crippen LogP contribution is -2.33. The van der Waals surface area contributed by atoms with E-state index in [1.807, 2.05) is 0 Å². The molecule has 0 saturated carbocycles. The van der Waals surface area contributed by atoms with Crippen LogP contribution in [0.4, 0.5) is 0 Å². The molecule has 0 aromatic heterocycles. The second kappa shape index (κ2) is 5.05. The standard InChI is InChI=1S/C15H27P/c1-7-14(3,4)16(15(5,6)8-2)13-11-9-10-12-13/h9-13H,7-8H2,1-6H3. The van der Waals surface area contributed by atoms with Crippen molar-refractivity contribution in [3.63, 3.8) is 0 Å². The number of hydrogen-bond donors (Lipinski definition) is 0. The molecule has 0 unspecified atom stereocenters. The van der Waals surface area contributed by atoms with Gasteiger partial charge in [-0.3, -0.25) is 0 Å². The molecule has 0 aliphatic heterocycles. The summed E-state index contributed by atoms with van der Waals surface area (Å²) >= 11 is 0. The molecule has 0 saturated heterocycles. The summed E-state index contributed by atoms with van der Waals surface area (Å²) in [4.78, 5) is 0. The highest BCUT2D eigenvalue weighted by Crippen LogP contribution is 2.65. The molecule has 1 heteroatoms. The van der Waals surface area contributed by atoms with Crippen molar-refractivity contribution in [3.05, 3.63) is 24.3 Å². The summed E-state index contributed by atoms with van der Waals surface area (Å²) in [5.41, 5.74) is 0.694. The summed E-state index contributed by atoms with van der Waals surface area (Å²) in [7, 11) is -0.0221. The van der Waals surface area contributed by atoms with Crippen molar-refractivity contribution in [1.29, 1.82) is 0 Å². The Kier molecular flexibility index (Phi) is 4.41. The van der Waals surface area contributed by atoms with E-state index < -0.39 is 0 Å². The first-order valence-electron chi connectivity index (χ1n) is 6.49. The Morgan fingerprint density at radius 1 is 0.875 bits per heavy atom. The van der Waals surface area contributed by atoms with Gasteiger partial charge in [0.25, 0.3) is 0 Å². The summed E-state index contributed by atoms with van der Waals surface area (Å²) in [6.45, 7) is 14.5. The smallest absolute Gasteiger partial charge is 0.0166 e. The van der Waals surface area contributed by atoms with Crippen LogP contribution in [-0.4, -0.2) is 16.0 Å². The average molecular weight is 238 g/mol. The fraction of sp³-hybridized carbons (Fsp3) is 0.733. The van der Waals surface area contributed by atoms with Crippen LogP contribution in [0.25, 0.3) is 0 Å². The SMILES string of the molecule is CCC(C)(C)P(C1C=CC=C1)C(C)(C)CC. The van der Waals surface area contributed by atoms with Gasteiger partial charge in [0.05, 0.1) is 0 Å². The van der Waals surface area contributed by atoms with Crippen molar-refractivity contribution < 1.29 is 0 Å². The molecule has 0 spiro atoms. The average Bonchev–Trinajstić information content (AvgIpc) is 2.70. The first-order chi connectivity index (χ1) is 7.35. The topological polar surface area (TPSA) is 0 Å². The van der Waals surface area contributed by atoms with E-state index in [1.54, 1.807) is 0 Å². The fourth-order valence-electron chi connectivity index (χ4n) is 2.56. The Morgan fingerprint density at radius 3 is 1.56 bits per heavy atom.